The molecule has 4 heteroatoms. The number of amides is 1. The van der Waals surface area contributed by atoms with Crippen LogP contribution in [0.2, 0.25) is 0 Å². The number of aromatic hydroxyl groups is 1. The fourth-order valence-corrected chi connectivity index (χ4v) is 1.82. The predicted molar refractivity (Wildman–Crippen MR) is 71.9 cm³/mol. The highest BCUT2D eigenvalue weighted by Gasteiger charge is 2.10. The van der Waals surface area contributed by atoms with E-state index in [9.17, 15) is 14.3 Å². The standard InChI is InChI=1S/C15H14FNO2/c1-9-8-12(18)4-5-13(9)15(19)17-11-3-6-14(16)10(2)7-11/h3-8,18H,1-2H3,(H,17,19). The average Bonchev–Trinajstić information content (AvgIpc) is 2.33. The molecule has 0 saturated carbocycles. The summed E-state index contributed by atoms with van der Waals surface area (Å²) in [5.41, 5.74) is 2.16. The Balaban J connectivity index is 2.23. The van der Waals surface area contributed by atoms with Crippen LogP contribution in [0.5, 0.6) is 5.75 Å². The number of halogens is 1. The number of benzene rings is 2. The normalized spacial score (nSPS) is 10.3. The number of carbonyl (C=O) groups excluding carboxylic acids is 1. The molecule has 0 radical (unpaired) electrons. The van der Waals surface area contributed by atoms with Crippen molar-refractivity contribution in [2.75, 3.05) is 5.32 Å². The molecule has 0 aliphatic carbocycles. The van der Waals surface area contributed by atoms with E-state index in [-0.39, 0.29) is 17.5 Å². The SMILES string of the molecule is Cc1cc(NC(=O)c2ccc(O)cc2C)ccc1F. The van der Waals surface area contributed by atoms with Crippen molar-refractivity contribution >= 4 is 11.6 Å². The van der Waals surface area contributed by atoms with E-state index in [1.807, 2.05) is 0 Å². The van der Waals surface area contributed by atoms with Crippen molar-refractivity contribution in [3.8, 4) is 5.75 Å². The Kier molecular flexibility index (Phi) is 3.51. The monoisotopic (exact) mass is 259 g/mol. The van der Waals surface area contributed by atoms with Crippen molar-refractivity contribution in [2.24, 2.45) is 0 Å². The number of phenolic OH excluding ortho intramolecular Hbond substituents is 1. The van der Waals surface area contributed by atoms with Crippen molar-refractivity contribution in [1.29, 1.82) is 0 Å². The highest BCUT2D eigenvalue weighted by molar-refractivity contribution is 6.05. The molecule has 3 nitrogen and oxygen atoms in total. The number of rotatable bonds is 2. The van der Waals surface area contributed by atoms with Crippen molar-refractivity contribution in [3.05, 3.63) is 58.9 Å². The van der Waals surface area contributed by atoms with E-state index in [2.05, 4.69) is 5.32 Å². The van der Waals surface area contributed by atoms with Crippen LogP contribution in [0.4, 0.5) is 10.1 Å². The quantitative estimate of drug-likeness (QED) is 0.868. The highest BCUT2D eigenvalue weighted by atomic mass is 19.1. The lowest BCUT2D eigenvalue weighted by Crippen LogP contribution is -2.13. The summed E-state index contributed by atoms with van der Waals surface area (Å²) in [6.45, 7) is 3.38. The molecule has 0 aromatic heterocycles. The molecular formula is C15H14FNO2. The van der Waals surface area contributed by atoms with Crippen LogP contribution in [0.3, 0.4) is 0 Å². The molecule has 0 spiro atoms. The molecule has 2 aromatic rings. The molecule has 2 aromatic carbocycles. The number of nitrogens with one attached hydrogen (secondary N) is 1. The number of anilines is 1. The first-order valence-electron chi connectivity index (χ1n) is 5.84. The van der Waals surface area contributed by atoms with Crippen LogP contribution < -0.4 is 5.32 Å². The maximum Gasteiger partial charge on any atom is 0.255 e. The van der Waals surface area contributed by atoms with Gasteiger partial charge in [-0.15, -0.1) is 0 Å². The van der Waals surface area contributed by atoms with Crippen molar-refractivity contribution in [3.63, 3.8) is 0 Å². The minimum Gasteiger partial charge on any atom is -0.508 e. The van der Waals surface area contributed by atoms with Crippen LogP contribution in [0, 0.1) is 19.7 Å². The second kappa shape index (κ2) is 5.10. The van der Waals surface area contributed by atoms with Gasteiger partial charge in [0.1, 0.15) is 11.6 Å². The molecule has 2 N–H and O–H groups in total. The molecule has 0 atom stereocenters. The number of hydrogen-bond acceptors (Lipinski definition) is 2. The maximum absolute atomic E-state index is 13.1. The lowest BCUT2D eigenvalue weighted by atomic mass is 10.1. The van der Waals surface area contributed by atoms with Crippen LogP contribution in [0.15, 0.2) is 36.4 Å². The predicted octanol–water partition coefficient (Wildman–Crippen LogP) is 3.40. The van der Waals surface area contributed by atoms with E-state index >= 15 is 0 Å². The Hall–Kier alpha value is -2.36. The summed E-state index contributed by atoms with van der Waals surface area (Å²) in [7, 11) is 0. The van der Waals surface area contributed by atoms with Gasteiger partial charge in [0.15, 0.2) is 0 Å². The first kappa shape index (κ1) is 13.1. The first-order valence-corrected chi connectivity index (χ1v) is 5.84. The molecule has 0 bridgehead atoms. The molecule has 19 heavy (non-hydrogen) atoms. The minimum atomic E-state index is -0.307. The van der Waals surface area contributed by atoms with Gasteiger partial charge in [0.05, 0.1) is 0 Å². The third kappa shape index (κ3) is 2.91. The van der Waals surface area contributed by atoms with Gasteiger partial charge in [0.25, 0.3) is 5.91 Å². The van der Waals surface area contributed by atoms with Crippen LogP contribution in [0.25, 0.3) is 0 Å². The fraction of sp³-hybridized carbons (Fsp3) is 0.133. The molecule has 2 rings (SSSR count). The van der Waals surface area contributed by atoms with Gasteiger partial charge in [-0.05, 0) is 61.4 Å². The Morgan fingerprint density at radius 2 is 1.84 bits per heavy atom. The van der Waals surface area contributed by atoms with E-state index < -0.39 is 0 Å². The van der Waals surface area contributed by atoms with Crippen molar-refractivity contribution < 1.29 is 14.3 Å². The van der Waals surface area contributed by atoms with E-state index in [1.165, 1.54) is 24.3 Å². The Bertz CT molecular complexity index is 638. The maximum atomic E-state index is 13.1. The number of aryl methyl sites for hydroxylation is 2. The zero-order chi connectivity index (χ0) is 14.0. The first-order chi connectivity index (χ1) is 8.97. The van der Waals surface area contributed by atoms with E-state index in [0.717, 1.165) is 0 Å². The lowest BCUT2D eigenvalue weighted by Gasteiger charge is -2.09. The van der Waals surface area contributed by atoms with Gasteiger partial charge in [0.2, 0.25) is 0 Å². The third-order valence-corrected chi connectivity index (χ3v) is 2.87. The van der Waals surface area contributed by atoms with E-state index in [4.69, 9.17) is 0 Å². The third-order valence-electron chi connectivity index (χ3n) is 2.87. The second-order valence-corrected chi connectivity index (χ2v) is 4.42. The van der Waals surface area contributed by atoms with Gasteiger partial charge in [0, 0.05) is 11.3 Å². The Morgan fingerprint density at radius 1 is 1.11 bits per heavy atom. The molecule has 0 saturated heterocycles. The van der Waals surface area contributed by atoms with Crippen LogP contribution in [0.1, 0.15) is 21.5 Å². The van der Waals surface area contributed by atoms with Crippen molar-refractivity contribution in [1.82, 2.24) is 0 Å². The molecule has 0 unspecified atom stereocenters. The zero-order valence-electron chi connectivity index (χ0n) is 10.7. The summed E-state index contributed by atoms with van der Waals surface area (Å²) in [6.07, 6.45) is 0. The summed E-state index contributed by atoms with van der Waals surface area (Å²) in [5, 5.41) is 12.0. The zero-order valence-corrected chi connectivity index (χ0v) is 10.7. The van der Waals surface area contributed by atoms with Gasteiger partial charge in [-0.2, -0.15) is 0 Å². The highest BCUT2D eigenvalue weighted by Crippen LogP contribution is 2.18. The molecule has 0 aliphatic rings. The van der Waals surface area contributed by atoms with Crippen LogP contribution >= 0.6 is 0 Å². The minimum absolute atomic E-state index is 0.117. The summed E-state index contributed by atoms with van der Waals surface area (Å²) in [4.78, 5) is 12.1. The lowest BCUT2D eigenvalue weighted by molar-refractivity contribution is 0.102. The smallest absolute Gasteiger partial charge is 0.255 e. The van der Waals surface area contributed by atoms with Crippen molar-refractivity contribution in [2.45, 2.75) is 13.8 Å². The summed E-state index contributed by atoms with van der Waals surface area (Å²) < 4.78 is 13.1. The van der Waals surface area contributed by atoms with Gasteiger partial charge in [-0.3, -0.25) is 4.79 Å². The average molecular weight is 259 g/mol. The second-order valence-electron chi connectivity index (χ2n) is 4.42. The van der Waals surface area contributed by atoms with E-state index in [0.29, 0.717) is 22.4 Å². The van der Waals surface area contributed by atoms with Gasteiger partial charge in [-0.1, -0.05) is 0 Å². The molecule has 0 heterocycles. The van der Waals surface area contributed by atoms with Gasteiger partial charge in [-0.25, -0.2) is 4.39 Å². The molecule has 0 aliphatic heterocycles. The summed E-state index contributed by atoms with van der Waals surface area (Å²) >= 11 is 0. The van der Waals surface area contributed by atoms with Crippen LogP contribution in [-0.2, 0) is 0 Å². The van der Waals surface area contributed by atoms with Gasteiger partial charge >= 0.3 is 0 Å². The summed E-state index contributed by atoms with van der Waals surface area (Å²) in [5.74, 6) is -0.478. The van der Waals surface area contributed by atoms with Crippen LogP contribution in [-0.4, -0.2) is 11.0 Å². The topological polar surface area (TPSA) is 49.3 Å². The largest absolute Gasteiger partial charge is 0.508 e. The molecule has 1 amide bonds. The number of hydrogen-bond donors (Lipinski definition) is 2. The van der Waals surface area contributed by atoms with E-state index in [1.54, 1.807) is 26.0 Å². The molecule has 0 fully saturated rings. The molecular weight excluding hydrogens is 245 g/mol. The Labute approximate surface area is 110 Å². The molecule has 98 valence electrons. The Morgan fingerprint density at radius 3 is 2.47 bits per heavy atom. The summed E-state index contributed by atoms with van der Waals surface area (Å²) in [6, 6.07) is 8.92. The van der Waals surface area contributed by atoms with Gasteiger partial charge < -0.3 is 10.4 Å². The fourth-order valence-electron chi connectivity index (χ4n) is 1.82. The number of phenols is 1. The number of carbonyl (C=O) groups is 1.